The molecule has 1 heterocycles. The van der Waals surface area contributed by atoms with Gasteiger partial charge in [0, 0.05) is 6.54 Å². The minimum absolute atomic E-state index is 0.0878. The van der Waals surface area contributed by atoms with E-state index in [1.165, 1.54) is 4.90 Å². The van der Waals surface area contributed by atoms with Crippen molar-refractivity contribution in [3.8, 4) is 0 Å². The Morgan fingerprint density at radius 1 is 1.50 bits per heavy atom. The van der Waals surface area contributed by atoms with Gasteiger partial charge in [0.05, 0.1) is 6.54 Å². The molecule has 1 aliphatic carbocycles. The molecule has 1 atom stereocenters. The minimum Gasteiger partial charge on any atom is -0.337 e. The Balaban J connectivity index is 1.97. The zero-order valence-electron chi connectivity index (χ0n) is 6.72. The van der Waals surface area contributed by atoms with Crippen molar-refractivity contribution in [3.05, 3.63) is 0 Å². The highest BCUT2D eigenvalue weighted by Crippen LogP contribution is 2.42. The molecule has 0 N–H and O–H groups in total. The Bertz CT molecular complexity index is 215. The highest BCUT2D eigenvalue weighted by Gasteiger charge is 2.53. The quantitative estimate of drug-likeness (QED) is 0.583. The molecule has 2 fully saturated rings. The predicted molar refractivity (Wildman–Crippen MR) is 39.2 cm³/mol. The number of rotatable bonds is 1. The molecule has 0 aromatic carbocycles. The highest BCUT2D eigenvalue weighted by atomic mass is 19.1. The normalized spacial score (nSPS) is 32.2. The fourth-order valence-corrected chi connectivity index (χ4v) is 1.51. The number of likely N-dealkylation sites (tertiary alicyclic amines) is 1. The molecule has 0 spiro atoms. The van der Waals surface area contributed by atoms with Gasteiger partial charge in [-0.15, -0.1) is 0 Å². The Morgan fingerprint density at radius 2 is 2.17 bits per heavy atom. The fraction of sp³-hybridized carbons (Fsp3) is 0.875. The van der Waals surface area contributed by atoms with E-state index in [2.05, 4.69) is 0 Å². The standard InChI is InChI=1S/C8H11F2NO/c9-6-1-4-11(5-6)7(12)8(10)2-3-8/h6H,1-5H2/t6-/m0/s1. The summed E-state index contributed by atoms with van der Waals surface area (Å²) in [5.74, 6) is -0.498. The number of nitrogens with zero attached hydrogens (tertiary/aromatic N) is 1. The van der Waals surface area contributed by atoms with Gasteiger partial charge >= 0.3 is 0 Å². The topological polar surface area (TPSA) is 20.3 Å². The Kier molecular flexibility index (Phi) is 1.59. The van der Waals surface area contributed by atoms with Crippen molar-refractivity contribution in [1.29, 1.82) is 0 Å². The summed E-state index contributed by atoms with van der Waals surface area (Å²) in [4.78, 5) is 12.6. The van der Waals surface area contributed by atoms with Gasteiger partial charge in [-0.25, -0.2) is 8.78 Å². The number of alkyl halides is 2. The lowest BCUT2D eigenvalue weighted by Gasteiger charge is -2.16. The monoisotopic (exact) mass is 175 g/mol. The Labute approximate surface area is 69.5 Å². The molecular formula is C8H11F2NO. The number of carbonyl (C=O) groups excluding carboxylic acids is 1. The van der Waals surface area contributed by atoms with Gasteiger partial charge in [0.2, 0.25) is 0 Å². The van der Waals surface area contributed by atoms with E-state index in [9.17, 15) is 13.6 Å². The van der Waals surface area contributed by atoms with Gasteiger partial charge in [0.15, 0.2) is 5.67 Å². The summed E-state index contributed by atoms with van der Waals surface area (Å²) in [6.07, 6.45) is 0.0525. The molecule has 2 rings (SSSR count). The van der Waals surface area contributed by atoms with Gasteiger partial charge in [0.25, 0.3) is 5.91 Å². The molecule has 2 aliphatic rings. The van der Waals surface area contributed by atoms with Crippen LogP contribution in [0, 0.1) is 0 Å². The summed E-state index contributed by atoms with van der Waals surface area (Å²) < 4.78 is 25.8. The van der Waals surface area contributed by atoms with Gasteiger partial charge in [-0.1, -0.05) is 0 Å². The van der Waals surface area contributed by atoms with E-state index < -0.39 is 17.7 Å². The molecule has 0 bridgehead atoms. The third-order valence-corrected chi connectivity index (χ3v) is 2.49. The molecule has 1 saturated heterocycles. The maximum absolute atomic E-state index is 13.2. The molecule has 1 aliphatic heterocycles. The van der Waals surface area contributed by atoms with Crippen LogP contribution >= 0.6 is 0 Å². The molecule has 12 heavy (non-hydrogen) atoms. The SMILES string of the molecule is O=C(N1CC[C@H](F)C1)C1(F)CC1. The van der Waals surface area contributed by atoms with Crippen molar-refractivity contribution in [2.75, 3.05) is 13.1 Å². The molecule has 0 aromatic rings. The van der Waals surface area contributed by atoms with Crippen molar-refractivity contribution in [2.45, 2.75) is 31.1 Å². The summed E-state index contributed by atoms with van der Waals surface area (Å²) in [6, 6.07) is 0. The van der Waals surface area contributed by atoms with Crippen LogP contribution in [0.4, 0.5) is 8.78 Å². The van der Waals surface area contributed by atoms with Gasteiger partial charge in [-0.3, -0.25) is 4.79 Å². The molecule has 0 radical (unpaired) electrons. The van der Waals surface area contributed by atoms with E-state index >= 15 is 0 Å². The first kappa shape index (κ1) is 7.95. The van der Waals surface area contributed by atoms with Gasteiger partial charge in [-0.2, -0.15) is 0 Å². The van der Waals surface area contributed by atoms with Crippen LogP contribution in [0.25, 0.3) is 0 Å². The van der Waals surface area contributed by atoms with Crippen molar-refractivity contribution in [1.82, 2.24) is 4.90 Å². The Hall–Kier alpha value is -0.670. The summed E-state index contributed by atoms with van der Waals surface area (Å²) >= 11 is 0. The van der Waals surface area contributed by atoms with Crippen LogP contribution < -0.4 is 0 Å². The molecule has 4 heteroatoms. The molecule has 0 unspecified atom stereocenters. The summed E-state index contributed by atoms with van der Waals surface area (Å²) in [5.41, 5.74) is -1.62. The zero-order chi connectivity index (χ0) is 8.77. The second-order valence-corrected chi connectivity index (χ2v) is 3.60. The van der Waals surface area contributed by atoms with Crippen molar-refractivity contribution in [3.63, 3.8) is 0 Å². The highest BCUT2D eigenvalue weighted by molar-refractivity contribution is 5.88. The first-order valence-electron chi connectivity index (χ1n) is 4.24. The van der Waals surface area contributed by atoms with E-state index in [-0.39, 0.29) is 6.54 Å². The van der Waals surface area contributed by atoms with Crippen molar-refractivity contribution in [2.24, 2.45) is 0 Å². The number of amides is 1. The summed E-state index contributed by atoms with van der Waals surface area (Å²) in [7, 11) is 0. The van der Waals surface area contributed by atoms with Crippen LogP contribution in [0.5, 0.6) is 0 Å². The van der Waals surface area contributed by atoms with E-state index in [0.717, 1.165) is 0 Å². The molecular weight excluding hydrogens is 164 g/mol. The largest absolute Gasteiger partial charge is 0.337 e. The van der Waals surface area contributed by atoms with Gasteiger partial charge in [0.1, 0.15) is 6.17 Å². The van der Waals surface area contributed by atoms with Crippen molar-refractivity contribution < 1.29 is 13.6 Å². The van der Waals surface area contributed by atoms with Gasteiger partial charge < -0.3 is 4.90 Å². The lowest BCUT2D eigenvalue weighted by molar-refractivity contribution is -0.137. The maximum atomic E-state index is 13.2. The van der Waals surface area contributed by atoms with Crippen molar-refractivity contribution >= 4 is 5.91 Å². The molecule has 1 amide bonds. The lowest BCUT2D eigenvalue weighted by atomic mass is 10.3. The van der Waals surface area contributed by atoms with Crippen LogP contribution in [0.3, 0.4) is 0 Å². The molecule has 68 valence electrons. The van der Waals surface area contributed by atoms with E-state index in [1.54, 1.807) is 0 Å². The zero-order valence-corrected chi connectivity index (χ0v) is 6.72. The molecule has 1 saturated carbocycles. The summed E-state index contributed by atoms with van der Waals surface area (Å²) in [6.45, 7) is 0.468. The first-order chi connectivity index (χ1) is 5.62. The third kappa shape index (κ3) is 1.19. The Morgan fingerprint density at radius 3 is 2.58 bits per heavy atom. The number of carbonyl (C=O) groups is 1. The lowest BCUT2D eigenvalue weighted by Crippen LogP contribution is -2.36. The number of hydrogen-bond acceptors (Lipinski definition) is 1. The van der Waals surface area contributed by atoms with Gasteiger partial charge in [-0.05, 0) is 19.3 Å². The average molecular weight is 175 g/mol. The van der Waals surface area contributed by atoms with Crippen LogP contribution in [-0.2, 0) is 4.79 Å². The predicted octanol–water partition coefficient (Wildman–Crippen LogP) is 1.06. The fourth-order valence-electron chi connectivity index (χ4n) is 1.51. The van der Waals surface area contributed by atoms with E-state index in [0.29, 0.717) is 25.8 Å². The number of halogens is 2. The average Bonchev–Trinajstić information content (AvgIpc) is 2.62. The maximum Gasteiger partial charge on any atom is 0.260 e. The first-order valence-corrected chi connectivity index (χ1v) is 4.24. The van der Waals surface area contributed by atoms with E-state index in [4.69, 9.17) is 0 Å². The smallest absolute Gasteiger partial charge is 0.260 e. The second-order valence-electron chi connectivity index (χ2n) is 3.60. The summed E-state index contributed by atoms with van der Waals surface area (Å²) in [5, 5.41) is 0. The third-order valence-electron chi connectivity index (χ3n) is 2.49. The van der Waals surface area contributed by atoms with Crippen LogP contribution in [0.1, 0.15) is 19.3 Å². The molecule has 0 aromatic heterocycles. The van der Waals surface area contributed by atoms with E-state index in [1.807, 2.05) is 0 Å². The minimum atomic E-state index is -1.62. The second kappa shape index (κ2) is 2.41. The van der Waals surface area contributed by atoms with Crippen LogP contribution in [0.2, 0.25) is 0 Å². The van der Waals surface area contributed by atoms with Crippen LogP contribution in [-0.4, -0.2) is 35.7 Å². The molecule has 2 nitrogen and oxygen atoms in total. The van der Waals surface area contributed by atoms with Crippen LogP contribution in [0.15, 0.2) is 0 Å². The number of hydrogen-bond donors (Lipinski definition) is 0.